The molecule has 134 valence electrons. The van der Waals surface area contributed by atoms with Gasteiger partial charge in [-0.3, -0.25) is 0 Å². The Kier molecular flexibility index (Phi) is 3.71. The fraction of sp³-hybridized carbons (Fsp3) is 0.217. The van der Waals surface area contributed by atoms with E-state index in [-0.39, 0.29) is 0 Å². The predicted molar refractivity (Wildman–Crippen MR) is 109 cm³/mol. The summed E-state index contributed by atoms with van der Waals surface area (Å²) in [5.74, 6) is 0.976. The van der Waals surface area contributed by atoms with Gasteiger partial charge in [0.1, 0.15) is 17.1 Å². The van der Waals surface area contributed by atoms with Crippen LogP contribution in [0.15, 0.2) is 64.8 Å². The third kappa shape index (κ3) is 2.69. The van der Waals surface area contributed by atoms with Crippen LogP contribution in [0.4, 0.5) is 28.4 Å². The van der Waals surface area contributed by atoms with Crippen LogP contribution in [-0.4, -0.2) is 6.61 Å². The first-order valence-electron chi connectivity index (χ1n) is 9.38. The van der Waals surface area contributed by atoms with E-state index < -0.39 is 0 Å². The molecule has 0 aromatic heterocycles. The molecular weight excluding hydrogens is 334 g/mol. The maximum absolute atomic E-state index is 6.12. The molecule has 2 aliphatic rings. The number of para-hydroxylation sites is 1. The monoisotopic (exact) mass is 355 g/mol. The molecule has 0 amide bonds. The fourth-order valence-corrected chi connectivity index (χ4v) is 3.85. The summed E-state index contributed by atoms with van der Waals surface area (Å²) in [6.07, 6.45) is 2.11. The van der Waals surface area contributed by atoms with Gasteiger partial charge in [-0.1, -0.05) is 24.3 Å². The zero-order valence-corrected chi connectivity index (χ0v) is 15.6. The highest BCUT2D eigenvalue weighted by Gasteiger charge is 2.26. The summed E-state index contributed by atoms with van der Waals surface area (Å²) in [7, 11) is 0. The Bertz CT molecular complexity index is 1020. The number of anilines is 3. The highest BCUT2D eigenvalue weighted by atomic mass is 16.5. The first-order valence-corrected chi connectivity index (χ1v) is 9.38. The third-order valence-electron chi connectivity index (χ3n) is 5.16. The molecule has 0 saturated heterocycles. The van der Waals surface area contributed by atoms with Gasteiger partial charge in [0.2, 0.25) is 0 Å². The van der Waals surface area contributed by atoms with E-state index in [4.69, 9.17) is 4.74 Å². The lowest BCUT2D eigenvalue weighted by Gasteiger charge is -2.30. The maximum Gasteiger partial charge on any atom is 0.146 e. The van der Waals surface area contributed by atoms with Crippen molar-refractivity contribution >= 4 is 28.4 Å². The fourth-order valence-electron chi connectivity index (χ4n) is 3.85. The molecule has 0 bridgehead atoms. The summed E-state index contributed by atoms with van der Waals surface area (Å²) in [5.41, 5.74) is 8.44. The van der Waals surface area contributed by atoms with Gasteiger partial charge in [0.05, 0.1) is 23.7 Å². The molecule has 0 N–H and O–H groups in total. The molecule has 0 atom stereocenters. The molecule has 5 rings (SSSR count). The van der Waals surface area contributed by atoms with Crippen LogP contribution in [0, 0.1) is 13.8 Å². The van der Waals surface area contributed by atoms with Crippen LogP contribution in [0.2, 0.25) is 0 Å². The molecular formula is C23H21N3O. The van der Waals surface area contributed by atoms with Crippen molar-refractivity contribution < 1.29 is 4.74 Å². The van der Waals surface area contributed by atoms with E-state index in [2.05, 4.69) is 83.6 Å². The Hall–Kier alpha value is -3.14. The first kappa shape index (κ1) is 16.1. The van der Waals surface area contributed by atoms with Gasteiger partial charge in [-0.25, -0.2) is 0 Å². The normalized spacial score (nSPS) is 14.7. The number of nitrogens with zero attached hydrogens (tertiary/aromatic N) is 3. The van der Waals surface area contributed by atoms with Gasteiger partial charge in [0.25, 0.3) is 0 Å². The Morgan fingerprint density at radius 2 is 1.48 bits per heavy atom. The van der Waals surface area contributed by atoms with Crippen molar-refractivity contribution in [3.05, 3.63) is 71.3 Å². The van der Waals surface area contributed by atoms with Crippen molar-refractivity contribution in [2.75, 3.05) is 11.5 Å². The minimum atomic E-state index is 0.758. The van der Waals surface area contributed by atoms with Crippen molar-refractivity contribution in [3.63, 3.8) is 0 Å². The average molecular weight is 355 g/mol. The van der Waals surface area contributed by atoms with Gasteiger partial charge in [0.15, 0.2) is 0 Å². The number of hydrogen-bond donors (Lipinski definition) is 0. The van der Waals surface area contributed by atoms with Crippen LogP contribution in [0.3, 0.4) is 0 Å². The summed E-state index contributed by atoms with van der Waals surface area (Å²) < 4.78 is 6.12. The minimum absolute atomic E-state index is 0.758. The number of aryl methyl sites for hydroxylation is 3. The van der Waals surface area contributed by atoms with E-state index in [0.717, 1.165) is 53.6 Å². The molecule has 27 heavy (non-hydrogen) atoms. The molecule has 4 heteroatoms. The lowest BCUT2D eigenvalue weighted by atomic mass is 10.0. The quantitative estimate of drug-likeness (QED) is 0.375. The second-order valence-electron chi connectivity index (χ2n) is 7.24. The molecule has 0 unspecified atom stereocenters. The second-order valence-corrected chi connectivity index (χ2v) is 7.24. The van der Waals surface area contributed by atoms with Gasteiger partial charge in [-0.2, -0.15) is 0 Å². The number of ether oxygens (including phenoxy) is 1. The van der Waals surface area contributed by atoms with Crippen molar-refractivity contribution in [1.82, 2.24) is 0 Å². The SMILES string of the molecule is Cc1ccc2c(c1)N=Nc1cc(C)ccc1N2c1cccc2c1OCCC2. The molecule has 2 aliphatic heterocycles. The Labute approximate surface area is 159 Å². The van der Waals surface area contributed by atoms with Gasteiger partial charge >= 0.3 is 0 Å². The molecule has 4 nitrogen and oxygen atoms in total. The van der Waals surface area contributed by atoms with Crippen LogP contribution in [0.25, 0.3) is 0 Å². The predicted octanol–water partition coefficient (Wildman–Crippen LogP) is 6.83. The smallest absolute Gasteiger partial charge is 0.146 e. The minimum Gasteiger partial charge on any atom is -0.491 e. The number of rotatable bonds is 1. The molecule has 0 saturated carbocycles. The van der Waals surface area contributed by atoms with Crippen LogP contribution in [0.1, 0.15) is 23.1 Å². The Morgan fingerprint density at radius 1 is 0.815 bits per heavy atom. The Balaban J connectivity index is 1.80. The molecule has 0 radical (unpaired) electrons. The van der Waals surface area contributed by atoms with E-state index in [1.807, 2.05) is 0 Å². The van der Waals surface area contributed by atoms with E-state index in [1.165, 1.54) is 16.7 Å². The van der Waals surface area contributed by atoms with Crippen molar-refractivity contribution in [3.8, 4) is 5.75 Å². The third-order valence-corrected chi connectivity index (χ3v) is 5.16. The maximum atomic E-state index is 6.12. The molecule has 0 aliphatic carbocycles. The summed E-state index contributed by atoms with van der Waals surface area (Å²) in [4.78, 5) is 2.24. The molecule has 3 aromatic carbocycles. The molecule has 3 aromatic rings. The topological polar surface area (TPSA) is 37.2 Å². The summed E-state index contributed by atoms with van der Waals surface area (Å²) >= 11 is 0. The lowest BCUT2D eigenvalue weighted by Crippen LogP contribution is -2.15. The van der Waals surface area contributed by atoms with E-state index >= 15 is 0 Å². The number of azo groups is 1. The van der Waals surface area contributed by atoms with Crippen LogP contribution in [-0.2, 0) is 6.42 Å². The first-order chi connectivity index (χ1) is 13.2. The van der Waals surface area contributed by atoms with Gasteiger partial charge in [-0.05, 0) is 73.7 Å². The number of benzene rings is 3. The second kappa shape index (κ2) is 6.23. The van der Waals surface area contributed by atoms with Crippen molar-refractivity contribution in [2.24, 2.45) is 10.2 Å². The highest BCUT2D eigenvalue weighted by molar-refractivity contribution is 5.91. The number of fused-ring (bicyclic) bond motifs is 3. The van der Waals surface area contributed by atoms with Crippen molar-refractivity contribution in [2.45, 2.75) is 26.7 Å². The highest BCUT2D eigenvalue weighted by Crippen LogP contribution is 2.51. The van der Waals surface area contributed by atoms with Crippen LogP contribution < -0.4 is 9.64 Å². The van der Waals surface area contributed by atoms with Crippen LogP contribution >= 0.6 is 0 Å². The van der Waals surface area contributed by atoms with Gasteiger partial charge in [-0.15, -0.1) is 10.2 Å². The molecule has 2 heterocycles. The van der Waals surface area contributed by atoms with Gasteiger partial charge in [0, 0.05) is 0 Å². The lowest BCUT2D eigenvalue weighted by molar-refractivity contribution is 0.289. The van der Waals surface area contributed by atoms with E-state index in [1.54, 1.807) is 0 Å². The average Bonchev–Trinajstić information content (AvgIpc) is 2.84. The summed E-state index contributed by atoms with van der Waals surface area (Å²) in [5, 5.41) is 9.12. The van der Waals surface area contributed by atoms with Crippen LogP contribution in [0.5, 0.6) is 5.75 Å². The van der Waals surface area contributed by atoms with Gasteiger partial charge < -0.3 is 9.64 Å². The zero-order chi connectivity index (χ0) is 18.4. The summed E-state index contributed by atoms with van der Waals surface area (Å²) in [6.45, 7) is 4.92. The zero-order valence-electron chi connectivity index (χ0n) is 15.6. The molecule has 0 spiro atoms. The number of hydrogen-bond acceptors (Lipinski definition) is 4. The van der Waals surface area contributed by atoms with Crippen molar-refractivity contribution in [1.29, 1.82) is 0 Å². The largest absolute Gasteiger partial charge is 0.491 e. The summed E-state index contributed by atoms with van der Waals surface area (Å²) in [6, 6.07) is 19.1. The van der Waals surface area contributed by atoms with E-state index in [0.29, 0.717) is 0 Å². The Morgan fingerprint density at radius 3 is 2.15 bits per heavy atom. The standard InChI is InChI=1S/C23H21N3O/c1-15-8-10-20-18(13-15)24-25-19-14-16(2)9-11-21(19)26(20)22-7-3-5-17-6-4-12-27-23(17)22/h3,5,7-11,13-14H,4,6,12H2,1-2H3. The van der Waals surface area contributed by atoms with E-state index in [9.17, 15) is 0 Å². The molecule has 0 fully saturated rings.